The van der Waals surface area contributed by atoms with E-state index in [1.807, 2.05) is 24.3 Å². The van der Waals surface area contributed by atoms with E-state index in [0.29, 0.717) is 30.1 Å². The average molecular weight is 306 g/mol. The molecule has 112 valence electrons. The first-order chi connectivity index (χ1) is 10.1. The van der Waals surface area contributed by atoms with E-state index in [1.165, 1.54) is 0 Å². The van der Waals surface area contributed by atoms with E-state index in [1.54, 1.807) is 12.4 Å². The third kappa shape index (κ3) is 5.33. The minimum absolute atomic E-state index is 0.405. The first kappa shape index (κ1) is 15.7. The van der Waals surface area contributed by atoms with Gasteiger partial charge in [0, 0.05) is 43.2 Å². The second kappa shape index (κ2) is 7.96. The molecule has 0 saturated carbocycles. The van der Waals surface area contributed by atoms with Crippen LogP contribution in [0.1, 0.15) is 25.1 Å². The molecule has 2 aromatic rings. The predicted octanol–water partition coefficient (Wildman–Crippen LogP) is 3.25. The summed E-state index contributed by atoms with van der Waals surface area (Å²) in [6, 6.07) is 8.15. The van der Waals surface area contributed by atoms with Gasteiger partial charge in [-0.05, 0) is 17.7 Å². The minimum Gasteiger partial charge on any atom is -0.477 e. The quantitative estimate of drug-likeness (QED) is 0.853. The van der Waals surface area contributed by atoms with Crippen LogP contribution in [0.5, 0.6) is 5.88 Å². The summed E-state index contributed by atoms with van der Waals surface area (Å²) in [4.78, 5) is 8.45. The van der Waals surface area contributed by atoms with Gasteiger partial charge in [0.05, 0.1) is 11.6 Å². The number of nitrogens with one attached hydrogen (secondary N) is 1. The molecule has 2 heterocycles. The highest BCUT2D eigenvalue weighted by atomic mass is 35.5. The largest absolute Gasteiger partial charge is 0.477 e. The van der Waals surface area contributed by atoms with Gasteiger partial charge in [-0.25, -0.2) is 4.98 Å². The second-order valence-electron chi connectivity index (χ2n) is 5.07. The zero-order chi connectivity index (χ0) is 15.1. The van der Waals surface area contributed by atoms with E-state index < -0.39 is 0 Å². The van der Waals surface area contributed by atoms with Gasteiger partial charge in [0.15, 0.2) is 0 Å². The summed E-state index contributed by atoms with van der Waals surface area (Å²) >= 11 is 6.14. The molecule has 0 saturated heterocycles. The van der Waals surface area contributed by atoms with Crippen LogP contribution in [0.4, 0.5) is 0 Å². The van der Waals surface area contributed by atoms with Gasteiger partial charge in [-0.3, -0.25) is 4.98 Å². The minimum atomic E-state index is 0.405. The molecule has 0 aliphatic heterocycles. The molecule has 1 N–H and O–H groups in total. The Balaban J connectivity index is 1.89. The fourth-order valence-electron chi connectivity index (χ4n) is 1.79. The molecule has 0 amide bonds. The maximum absolute atomic E-state index is 6.14. The van der Waals surface area contributed by atoms with Crippen molar-refractivity contribution in [3.05, 3.63) is 52.9 Å². The Bertz CT molecular complexity index is 561. The van der Waals surface area contributed by atoms with Crippen LogP contribution in [-0.2, 0) is 13.0 Å². The molecule has 2 aromatic heterocycles. The fraction of sp³-hybridized carbons (Fsp3) is 0.375. The van der Waals surface area contributed by atoms with Crippen molar-refractivity contribution < 1.29 is 4.74 Å². The van der Waals surface area contributed by atoms with Crippen molar-refractivity contribution in [2.45, 2.75) is 32.9 Å². The molecule has 0 bridgehead atoms. The molecule has 0 fully saturated rings. The summed E-state index contributed by atoms with van der Waals surface area (Å²) in [6.45, 7) is 5.44. The monoisotopic (exact) mass is 305 g/mol. The molecule has 0 spiro atoms. The molecule has 0 radical (unpaired) electrons. The van der Waals surface area contributed by atoms with Gasteiger partial charge < -0.3 is 10.1 Å². The lowest BCUT2D eigenvalue weighted by Gasteiger charge is -2.11. The Kier molecular flexibility index (Phi) is 5.96. The summed E-state index contributed by atoms with van der Waals surface area (Å²) < 4.78 is 5.67. The molecule has 5 heteroatoms. The van der Waals surface area contributed by atoms with Gasteiger partial charge in [0.25, 0.3) is 0 Å². The number of rotatable bonds is 7. The first-order valence-corrected chi connectivity index (χ1v) is 7.43. The number of aromatic nitrogens is 2. The third-order valence-corrected chi connectivity index (χ3v) is 3.28. The van der Waals surface area contributed by atoms with Crippen molar-refractivity contribution in [2.24, 2.45) is 0 Å². The number of hydrogen-bond donors (Lipinski definition) is 1. The number of nitrogens with zero attached hydrogens (tertiary/aromatic N) is 2. The van der Waals surface area contributed by atoms with E-state index >= 15 is 0 Å². The molecule has 0 atom stereocenters. The zero-order valence-corrected chi connectivity index (χ0v) is 13.1. The van der Waals surface area contributed by atoms with Crippen LogP contribution in [0.15, 0.2) is 36.7 Å². The molecule has 2 rings (SSSR count). The van der Waals surface area contributed by atoms with Crippen LogP contribution in [0.2, 0.25) is 5.02 Å². The van der Waals surface area contributed by atoms with E-state index in [2.05, 4.69) is 29.1 Å². The van der Waals surface area contributed by atoms with Gasteiger partial charge in [-0.1, -0.05) is 31.5 Å². The summed E-state index contributed by atoms with van der Waals surface area (Å²) in [5.41, 5.74) is 2.00. The van der Waals surface area contributed by atoms with Crippen LogP contribution in [0.25, 0.3) is 0 Å². The topological polar surface area (TPSA) is 47.0 Å². The van der Waals surface area contributed by atoms with Gasteiger partial charge in [-0.2, -0.15) is 0 Å². The smallest absolute Gasteiger partial charge is 0.213 e. The highest BCUT2D eigenvalue weighted by molar-refractivity contribution is 6.31. The molecule has 4 nitrogen and oxygen atoms in total. The molecular formula is C16H20ClN3O. The maximum atomic E-state index is 6.14. The van der Waals surface area contributed by atoms with Crippen molar-refractivity contribution in [1.82, 2.24) is 15.3 Å². The Hall–Kier alpha value is -1.65. The summed E-state index contributed by atoms with van der Waals surface area (Å²) in [5.74, 6) is 0.593. The number of halogens is 1. The third-order valence-electron chi connectivity index (χ3n) is 2.94. The number of ether oxygens (including phenoxy) is 1. The molecule has 0 aliphatic carbocycles. The molecule has 21 heavy (non-hydrogen) atoms. The summed E-state index contributed by atoms with van der Waals surface area (Å²) in [5, 5.41) is 3.99. The first-order valence-electron chi connectivity index (χ1n) is 7.05. The van der Waals surface area contributed by atoms with Crippen LogP contribution in [0.3, 0.4) is 0 Å². The Morgan fingerprint density at radius 3 is 2.86 bits per heavy atom. The van der Waals surface area contributed by atoms with Crippen molar-refractivity contribution in [2.75, 3.05) is 6.61 Å². The van der Waals surface area contributed by atoms with Crippen LogP contribution in [0, 0.1) is 0 Å². The van der Waals surface area contributed by atoms with Crippen molar-refractivity contribution >= 4 is 11.6 Å². The number of hydrogen-bond acceptors (Lipinski definition) is 4. The standard InChI is InChI=1S/C16H20ClN3O/c1-12(2)19-10-13-9-16(20-11-15(13)17)21-8-6-14-5-3-4-7-18-14/h3-5,7,9,11-12,19H,6,8,10H2,1-2H3. The predicted molar refractivity (Wildman–Crippen MR) is 84.7 cm³/mol. The SMILES string of the molecule is CC(C)NCc1cc(OCCc2ccccn2)ncc1Cl. The van der Waals surface area contributed by atoms with E-state index in [4.69, 9.17) is 16.3 Å². The van der Waals surface area contributed by atoms with Crippen LogP contribution in [-0.4, -0.2) is 22.6 Å². The highest BCUT2D eigenvalue weighted by Crippen LogP contribution is 2.19. The molecule has 0 unspecified atom stereocenters. The average Bonchev–Trinajstić information content (AvgIpc) is 2.48. The van der Waals surface area contributed by atoms with Gasteiger partial charge >= 0.3 is 0 Å². The second-order valence-corrected chi connectivity index (χ2v) is 5.48. The normalized spacial score (nSPS) is 10.9. The van der Waals surface area contributed by atoms with Crippen LogP contribution >= 0.6 is 11.6 Å². The fourth-order valence-corrected chi connectivity index (χ4v) is 1.96. The molecule has 0 aliphatic rings. The van der Waals surface area contributed by atoms with E-state index in [0.717, 1.165) is 17.7 Å². The number of pyridine rings is 2. The highest BCUT2D eigenvalue weighted by Gasteiger charge is 2.05. The van der Waals surface area contributed by atoms with Crippen molar-refractivity contribution in [3.8, 4) is 5.88 Å². The lowest BCUT2D eigenvalue weighted by atomic mass is 10.2. The van der Waals surface area contributed by atoms with Crippen LogP contribution < -0.4 is 10.1 Å². The Labute approximate surface area is 130 Å². The Morgan fingerprint density at radius 1 is 1.29 bits per heavy atom. The molecule has 0 aromatic carbocycles. The summed E-state index contributed by atoms with van der Waals surface area (Å²) in [6.07, 6.45) is 4.17. The molecular weight excluding hydrogens is 286 g/mol. The van der Waals surface area contributed by atoms with E-state index in [9.17, 15) is 0 Å². The zero-order valence-electron chi connectivity index (χ0n) is 12.3. The van der Waals surface area contributed by atoms with Crippen molar-refractivity contribution in [3.63, 3.8) is 0 Å². The maximum Gasteiger partial charge on any atom is 0.213 e. The van der Waals surface area contributed by atoms with Gasteiger partial charge in [0.2, 0.25) is 5.88 Å². The lowest BCUT2D eigenvalue weighted by Crippen LogP contribution is -2.22. The van der Waals surface area contributed by atoms with Gasteiger partial charge in [-0.15, -0.1) is 0 Å². The van der Waals surface area contributed by atoms with Gasteiger partial charge in [0.1, 0.15) is 0 Å². The van der Waals surface area contributed by atoms with E-state index in [-0.39, 0.29) is 0 Å². The summed E-state index contributed by atoms with van der Waals surface area (Å²) in [7, 11) is 0. The lowest BCUT2D eigenvalue weighted by molar-refractivity contribution is 0.307. The van der Waals surface area contributed by atoms with Crippen molar-refractivity contribution in [1.29, 1.82) is 0 Å². The Morgan fingerprint density at radius 2 is 2.14 bits per heavy atom.